The van der Waals surface area contributed by atoms with Crippen LogP contribution in [0.15, 0.2) is 94.1 Å². The molecule has 1 saturated carbocycles. The van der Waals surface area contributed by atoms with E-state index in [9.17, 15) is 9.90 Å². The third kappa shape index (κ3) is 6.20. The normalized spacial score (nSPS) is 16.9. The molecule has 0 saturated heterocycles. The van der Waals surface area contributed by atoms with E-state index < -0.39 is 0 Å². The minimum Gasteiger partial charge on any atom is -0.497 e. The van der Waals surface area contributed by atoms with Gasteiger partial charge in [0.1, 0.15) is 11.4 Å². The van der Waals surface area contributed by atoms with Crippen molar-refractivity contribution in [2.24, 2.45) is 5.92 Å². The predicted molar refractivity (Wildman–Crippen MR) is 164 cm³/mol. The summed E-state index contributed by atoms with van der Waals surface area (Å²) in [4.78, 5) is 18.1. The van der Waals surface area contributed by atoms with E-state index >= 15 is 0 Å². The molecule has 0 spiro atoms. The van der Waals surface area contributed by atoms with Crippen molar-refractivity contribution in [1.82, 2.24) is 9.55 Å². The zero-order valence-electron chi connectivity index (χ0n) is 23.6. The number of oxazole rings is 1. The van der Waals surface area contributed by atoms with Gasteiger partial charge in [-0.25, -0.2) is 9.55 Å². The number of hydrogen-bond donors (Lipinski definition) is 1. The summed E-state index contributed by atoms with van der Waals surface area (Å²) in [6, 6.07) is 27.0. The Hall–Kier alpha value is -4.14. The Kier molecular flexibility index (Phi) is 8.53. The van der Waals surface area contributed by atoms with Gasteiger partial charge in [0.05, 0.1) is 30.4 Å². The smallest absolute Gasteiger partial charge is 0.314 e. The highest BCUT2D eigenvalue weighted by molar-refractivity contribution is 7.09. The summed E-state index contributed by atoms with van der Waals surface area (Å²) in [6.45, 7) is 0.359. The Balaban J connectivity index is 1.12. The summed E-state index contributed by atoms with van der Waals surface area (Å²) in [5, 5.41) is 10.8. The monoisotopic (exact) mass is 582 g/mol. The molecule has 2 heterocycles. The molecule has 7 nitrogen and oxygen atoms in total. The molecule has 216 valence electrons. The first-order chi connectivity index (χ1) is 20.6. The van der Waals surface area contributed by atoms with Crippen molar-refractivity contribution < 1.29 is 19.0 Å². The van der Waals surface area contributed by atoms with Crippen LogP contribution in [0, 0.1) is 5.92 Å². The molecule has 3 aromatic carbocycles. The maximum atomic E-state index is 12.6. The van der Waals surface area contributed by atoms with E-state index in [1.165, 1.54) is 4.57 Å². The minimum atomic E-state index is -0.159. The highest BCUT2D eigenvalue weighted by Gasteiger charge is 2.25. The molecule has 8 heteroatoms. The molecule has 42 heavy (non-hydrogen) atoms. The van der Waals surface area contributed by atoms with Crippen LogP contribution >= 0.6 is 11.3 Å². The van der Waals surface area contributed by atoms with E-state index in [1.807, 2.05) is 84.9 Å². The van der Waals surface area contributed by atoms with Gasteiger partial charge in [-0.3, -0.25) is 4.79 Å². The zero-order valence-corrected chi connectivity index (χ0v) is 24.4. The Morgan fingerprint density at radius 3 is 2.55 bits per heavy atom. The number of benzene rings is 3. The summed E-state index contributed by atoms with van der Waals surface area (Å²) in [5.74, 6) is 2.52. The average Bonchev–Trinajstić information content (AvgIpc) is 3.60. The van der Waals surface area contributed by atoms with Gasteiger partial charge in [0.25, 0.3) is 0 Å². The van der Waals surface area contributed by atoms with Crippen molar-refractivity contribution in [3.05, 3.63) is 105 Å². The predicted octanol–water partition coefficient (Wildman–Crippen LogP) is 7.64. The summed E-state index contributed by atoms with van der Waals surface area (Å²) in [6.07, 6.45) is 5.84. The molecule has 0 radical (unpaired) electrons. The highest BCUT2D eigenvalue weighted by atomic mass is 32.1. The van der Waals surface area contributed by atoms with Gasteiger partial charge >= 0.3 is 4.87 Å². The fraction of sp³-hybridized carbons (Fsp3) is 0.294. The van der Waals surface area contributed by atoms with Gasteiger partial charge in [0, 0.05) is 11.1 Å². The van der Waals surface area contributed by atoms with Crippen LogP contribution in [0.3, 0.4) is 0 Å². The Morgan fingerprint density at radius 2 is 1.76 bits per heavy atom. The SMILES string of the molecule is COc1cccc(-c2nc(CO[C@H]3CCC[C@@H](CCc4sc(=O)n(-c5ccccc5)c4O)C3)c(-c3ccccc3)o2)c1. The lowest BCUT2D eigenvalue weighted by molar-refractivity contribution is 0.00000570. The topological polar surface area (TPSA) is 86.7 Å². The first kappa shape index (κ1) is 28.0. The van der Waals surface area contributed by atoms with Crippen molar-refractivity contribution in [1.29, 1.82) is 0 Å². The van der Waals surface area contributed by atoms with Crippen molar-refractivity contribution in [3.63, 3.8) is 0 Å². The minimum absolute atomic E-state index is 0.0612. The second-order valence-electron chi connectivity index (χ2n) is 10.7. The van der Waals surface area contributed by atoms with E-state index in [-0.39, 0.29) is 16.9 Å². The summed E-state index contributed by atoms with van der Waals surface area (Å²) < 4.78 is 19.5. The van der Waals surface area contributed by atoms with Crippen molar-refractivity contribution in [2.45, 2.75) is 51.2 Å². The number of nitrogens with zero attached hydrogens (tertiary/aromatic N) is 2. The number of methoxy groups -OCH3 is 1. The van der Waals surface area contributed by atoms with Crippen LogP contribution < -0.4 is 9.61 Å². The molecule has 5 aromatic rings. The number of ether oxygens (including phenoxy) is 2. The van der Waals surface area contributed by atoms with Gasteiger partial charge in [-0.2, -0.15) is 0 Å². The molecule has 0 unspecified atom stereocenters. The van der Waals surface area contributed by atoms with E-state index in [0.717, 1.165) is 70.9 Å². The third-order valence-corrected chi connectivity index (χ3v) is 8.88. The largest absolute Gasteiger partial charge is 0.497 e. The Morgan fingerprint density at radius 1 is 1.00 bits per heavy atom. The Labute approximate surface area is 249 Å². The van der Waals surface area contributed by atoms with Gasteiger partial charge in [-0.15, -0.1) is 0 Å². The van der Waals surface area contributed by atoms with Crippen LogP contribution in [0.25, 0.3) is 28.5 Å². The molecular weight excluding hydrogens is 548 g/mol. The molecule has 1 fully saturated rings. The van der Waals surface area contributed by atoms with E-state index in [2.05, 4.69) is 0 Å². The molecule has 6 rings (SSSR count). The van der Waals surface area contributed by atoms with Gasteiger partial charge in [-0.1, -0.05) is 78.8 Å². The van der Waals surface area contributed by atoms with Crippen LogP contribution in [-0.4, -0.2) is 27.9 Å². The molecule has 0 aliphatic heterocycles. The first-order valence-electron chi connectivity index (χ1n) is 14.4. The van der Waals surface area contributed by atoms with Gasteiger partial charge in [-0.05, 0) is 61.9 Å². The lowest BCUT2D eigenvalue weighted by Gasteiger charge is -2.29. The zero-order chi connectivity index (χ0) is 28.9. The summed E-state index contributed by atoms with van der Waals surface area (Å²) in [5.41, 5.74) is 3.27. The van der Waals surface area contributed by atoms with Crippen molar-refractivity contribution in [3.8, 4) is 40.1 Å². The molecule has 0 amide bonds. The van der Waals surface area contributed by atoms with Crippen molar-refractivity contribution in [2.75, 3.05) is 7.11 Å². The lowest BCUT2D eigenvalue weighted by atomic mass is 9.84. The fourth-order valence-corrected chi connectivity index (χ4v) is 6.60. The molecule has 1 N–H and O–H groups in total. The summed E-state index contributed by atoms with van der Waals surface area (Å²) >= 11 is 1.13. The van der Waals surface area contributed by atoms with Crippen molar-refractivity contribution >= 4 is 11.3 Å². The standard InChI is InChI=1S/C34H34N2O5S/c1-39-27-16-9-13-25(21-27)32-35-29(31(41-32)24-11-4-2-5-12-24)22-40-28-17-8-10-23(20-28)18-19-30-33(37)36(34(38)42-30)26-14-6-3-7-15-26/h2-7,9,11-16,21,23,28,37H,8,10,17-20,22H2,1H3/t23-,28-/m0/s1. The van der Waals surface area contributed by atoms with E-state index in [4.69, 9.17) is 18.9 Å². The third-order valence-electron chi connectivity index (χ3n) is 7.89. The summed E-state index contributed by atoms with van der Waals surface area (Å²) in [7, 11) is 1.64. The second kappa shape index (κ2) is 12.8. The highest BCUT2D eigenvalue weighted by Crippen LogP contribution is 2.35. The van der Waals surface area contributed by atoms with E-state index in [0.29, 0.717) is 36.3 Å². The number of aromatic hydroxyl groups is 1. The van der Waals surface area contributed by atoms with Gasteiger partial charge < -0.3 is 19.0 Å². The van der Waals surface area contributed by atoms with Crippen LogP contribution in [0.1, 0.15) is 42.7 Å². The average molecular weight is 583 g/mol. The number of hydrogen-bond acceptors (Lipinski definition) is 7. The van der Waals surface area contributed by atoms with Gasteiger partial charge in [0.2, 0.25) is 11.8 Å². The van der Waals surface area contributed by atoms with Crippen LogP contribution in [-0.2, 0) is 17.8 Å². The molecule has 1 aliphatic carbocycles. The molecule has 2 aromatic heterocycles. The second-order valence-corrected chi connectivity index (χ2v) is 11.7. The molecule has 1 aliphatic rings. The fourth-order valence-electron chi connectivity index (χ4n) is 5.71. The van der Waals surface area contributed by atoms with Gasteiger partial charge in [0.15, 0.2) is 5.76 Å². The number of aromatic nitrogens is 2. The molecule has 0 bridgehead atoms. The van der Waals surface area contributed by atoms with Crippen LogP contribution in [0.5, 0.6) is 11.6 Å². The Bertz CT molecular complexity index is 1680. The lowest BCUT2D eigenvalue weighted by Crippen LogP contribution is -2.23. The van der Waals surface area contributed by atoms with Crippen LogP contribution in [0.4, 0.5) is 0 Å². The quantitative estimate of drug-likeness (QED) is 0.182. The van der Waals surface area contributed by atoms with Crippen LogP contribution in [0.2, 0.25) is 0 Å². The maximum absolute atomic E-state index is 12.6. The maximum Gasteiger partial charge on any atom is 0.314 e. The molecule has 2 atom stereocenters. The first-order valence-corrected chi connectivity index (χ1v) is 15.2. The molecular formula is C34H34N2O5S. The number of aryl methyl sites for hydroxylation is 1. The number of rotatable bonds is 10. The number of thiazole rings is 1. The van der Waals surface area contributed by atoms with E-state index in [1.54, 1.807) is 7.11 Å². The number of para-hydroxylation sites is 1.